The summed E-state index contributed by atoms with van der Waals surface area (Å²) in [7, 11) is 3.34. The van der Waals surface area contributed by atoms with Crippen molar-refractivity contribution < 1.29 is 19.1 Å². The van der Waals surface area contributed by atoms with E-state index in [-0.39, 0.29) is 40.7 Å². The molecule has 2 aliphatic carbocycles. The summed E-state index contributed by atoms with van der Waals surface area (Å²) in [5.41, 5.74) is 2.41. The highest BCUT2D eigenvalue weighted by Gasteiger charge is 2.29. The van der Waals surface area contributed by atoms with Crippen LogP contribution in [0, 0.1) is 13.8 Å². The first kappa shape index (κ1) is 47.1. The lowest BCUT2D eigenvalue weighted by Gasteiger charge is -2.25. The zero-order valence-corrected chi connectivity index (χ0v) is 40.1. The number of nitrogens with one attached hydrogen (secondary N) is 5. The van der Waals surface area contributed by atoms with Crippen molar-refractivity contribution in [2.24, 2.45) is 0 Å². The lowest BCUT2D eigenvalue weighted by molar-refractivity contribution is 0.0587. The van der Waals surface area contributed by atoms with Crippen molar-refractivity contribution in [1.29, 1.82) is 0 Å². The number of nitrogens with zero attached hydrogens (tertiary/aromatic N) is 11. The Bertz CT molecular complexity index is 3470. The summed E-state index contributed by atoms with van der Waals surface area (Å²) in [5, 5.41) is 24.1. The number of pyridine rings is 4. The number of hydrogen-bond donors (Lipinski definition) is 5. The second-order valence-corrected chi connectivity index (χ2v) is 18.1. The van der Waals surface area contributed by atoms with Gasteiger partial charge < -0.3 is 31.3 Å². The maximum Gasteiger partial charge on any atom is 0.415 e. The minimum atomic E-state index is -0.714. The van der Waals surface area contributed by atoms with Crippen LogP contribution in [0.4, 0.5) is 39.2 Å². The van der Waals surface area contributed by atoms with E-state index in [4.69, 9.17) is 4.74 Å². The number of carbonyl (C=O) groups is 3. The van der Waals surface area contributed by atoms with Crippen LogP contribution in [0.25, 0.3) is 22.7 Å². The Morgan fingerprint density at radius 3 is 1.63 bits per heavy atom. The molecular formula is C49H52N16O6. The third-order valence-electron chi connectivity index (χ3n) is 11.3. The van der Waals surface area contributed by atoms with Gasteiger partial charge in [-0.15, -0.1) is 0 Å². The number of hydrogen-bond acceptors (Lipinski definition) is 15. The fourth-order valence-electron chi connectivity index (χ4n) is 7.48. The third-order valence-corrected chi connectivity index (χ3v) is 11.3. The lowest BCUT2D eigenvalue weighted by atomic mass is 10.2. The summed E-state index contributed by atoms with van der Waals surface area (Å²) in [4.78, 5) is 83.2. The van der Waals surface area contributed by atoms with Gasteiger partial charge in [0.25, 0.3) is 22.9 Å². The summed E-state index contributed by atoms with van der Waals surface area (Å²) in [5.74, 6) is 2.67. The predicted molar refractivity (Wildman–Crippen MR) is 267 cm³/mol. The number of amides is 3. The first-order chi connectivity index (χ1) is 34.0. The summed E-state index contributed by atoms with van der Waals surface area (Å²) >= 11 is 0. The van der Waals surface area contributed by atoms with Crippen molar-refractivity contribution in [3.63, 3.8) is 0 Å². The maximum atomic E-state index is 13.4. The molecule has 0 aromatic carbocycles. The molecule has 2 fully saturated rings. The summed E-state index contributed by atoms with van der Waals surface area (Å²) < 4.78 is 11.6. The molecule has 3 amide bonds. The van der Waals surface area contributed by atoms with Crippen LogP contribution in [0.2, 0.25) is 0 Å². The normalized spacial score (nSPS) is 13.2. The van der Waals surface area contributed by atoms with Gasteiger partial charge in [0.15, 0.2) is 0 Å². The zero-order chi connectivity index (χ0) is 50.1. The highest BCUT2D eigenvalue weighted by molar-refractivity contribution is 6.03. The van der Waals surface area contributed by atoms with Gasteiger partial charge in [0.1, 0.15) is 51.9 Å². The van der Waals surface area contributed by atoms with Crippen LogP contribution in [0.15, 0.2) is 107 Å². The molecule has 0 atom stereocenters. The van der Waals surface area contributed by atoms with Crippen molar-refractivity contribution in [2.45, 2.75) is 78.0 Å². The van der Waals surface area contributed by atoms with E-state index in [9.17, 15) is 24.0 Å². The Hall–Kier alpha value is -8.95. The van der Waals surface area contributed by atoms with Crippen LogP contribution in [-0.2, 0) is 4.74 Å². The first-order valence-electron chi connectivity index (χ1n) is 22.9. The number of aromatic nitrogens is 10. The van der Waals surface area contributed by atoms with E-state index < -0.39 is 11.7 Å². The number of anilines is 6. The molecule has 2 aliphatic rings. The van der Waals surface area contributed by atoms with Gasteiger partial charge in [0, 0.05) is 74.5 Å². The van der Waals surface area contributed by atoms with Gasteiger partial charge in [-0.1, -0.05) is 0 Å². The smallest absolute Gasteiger partial charge is 0.415 e. The standard InChI is InChI=1S/C27H30N8O4.C22H22N8O2/c1-16-28-11-10-22(30-16)34-12-6-7-20(25(34)37)31-18-13-21-19(24(36)32-17-8-9-17)15-29-35(21)23(14-18)33(5)26(38)39-27(2,3)4;1-13-24-8-7-19(26-13)29-9-3-4-17(22(29)32)27-15-10-18-16(21(31)28-14-5-6-14)12-25-30(18)20(11-15)23-2/h6-7,10-15,17,31H,8-9H2,1-5H3,(H,32,36);3-4,7-12,14,23,27H,5-6H2,1-2H3,(H,28,31). The molecule has 71 heavy (non-hydrogen) atoms. The van der Waals surface area contributed by atoms with Gasteiger partial charge in [0.05, 0.1) is 34.6 Å². The third kappa shape index (κ3) is 10.5. The average Bonchev–Trinajstić information content (AvgIpc) is 4.25. The molecule has 22 heteroatoms. The van der Waals surface area contributed by atoms with Gasteiger partial charge in [-0.05, 0) is 109 Å². The molecule has 8 aromatic rings. The number of aryl methyl sites for hydroxylation is 2. The Labute approximate surface area is 406 Å². The summed E-state index contributed by atoms with van der Waals surface area (Å²) in [6.45, 7) is 8.85. The molecule has 5 N–H and O–H groups in total. The molecule has 0 bridgehead atoms. The van der Waals surface area contributed by atoms with Gasteiger partial charge in [-0.2, -0.15) is 10.2 Å². The molecule has 22 nitrogen and oxygen atoms in total. The highest BCUT2D eigenvalue weighted by atomic mass is 16.6. The fraction of sp³-hybridized carbons (Fsp3) is 0.286. The Morgan fingerprint density at radius 2 is 1.17 bits per heavy atom. The van der Waals surface area contributed by atoms with Crippen molar-refractivity contribution in [1.82, 2.24) is 58.9 Å². The molecular weight excluding hydrogens is 909 g/mol. The number of ether oxygens (including phenoxy) is 1. The van der Waals surface area contributed by atoms with Crippen LogP contribution in [0.3, 0.4) is 0 Å². The van der Waals surface area contributed by atoms with Crippen LogP contribution in [0.5, 0.6) is 0 Å². The topological polar surface area (TPSA) is 254 Å². The van der Waals surface area contributed by atoms with Gasteiger partial charge >= 0.3 is 6.09 Å². The summed E-state index contributed by atoms with van der Waals surface area (Å²) in [6, 6.07) is 17.6. The molecule has 0 unspecified atom stereocenters. The predicted octanol–water partition coefficient (Wildman–Crippen LogP) is 5.85. The van der Waals surface area contributed by atoms with E-state index in [1.165, 1.54) is 24.7 Å². The molecule has 364 valence electrons. The molecule has 8 aromatic heterocycles. The van der Waals surface area contributed by atoms with Crippen molar-refractivity contribution >= 4 is 63.3 Å². The van der Waals surface area contributed by atoms with Gasteiger partial charge in [-0.25, -0.2) is 33.8 Å². The van der Waals surface area contributed by atoms with E-state index in [0.717, 1.165) is 25.7 Å². The quantitative estimate of drug-likeness (QED) is 0.0963. The molecule has 0 aliphatic heterocycles. The molecule has 0 radical (unpaired) electrons. The average molecular weight is 961 g/mol. The molecule has 8 heterocycles. The SMILES string of the molecule is CNc1cc(Nc2cccn(-c3ccnc(C)n3)c2=O)cc2c(C(=O)NC3CC3)cnn12.Cc1nccc(-n2cccc(Nc3cc(N(C)C(=O)OC(C)(C)C)n4ncc(C(=O)NC5CC5)c4c3)c2=O)n1. The van der Waals surface area contributed by atoms with Crippen molar-refractivity contribution in [2.75, 3.05) is 34.9 Å². The Morgan fingerprint density at radius 1 is 0.690 bits per heavy atom. The van der Waals surface area contributed by atoms with Crippen molar-refractivity contribution in [3.05, 3.63) is 141 Å². The number of rotatable bonds is 12. The molecule has 0 spiro atoms. The Kier molecular flexibility index (Phi) is 12.8. The lowest BCUT2D eigenvalue weighted by Crippen LogP contribution is -2.35. The van der Waals surface area contributed by atoms with Crippen LogP contribution in [-0.4, -0.2) is 98.0 Å². The van der Waals surface area contributed by atoms with Crippen LogP contribution >= 0.6 is 0 Å². The molecule has 10 rings (SSSR count). The van der Waals surface area contributed by atoms with E-state index in [1.54, 1.807) is 139 Å². The molecule has 0 saturated heterocycles. The van der Waals surface area contributed by atoms with E-state index in [0.29, 0.717) is 74.1 Å². The second-order valence-electron chi connectivity index (χ2n) is 18.1. The van der Waals surface area contributed by atoms with Crippen molar-refractivity contribution in [3.8, 4) is 11.6 Å². The second kappa shape index (κ2) is 19.2. The Balaban J connectivity index is 0.000000179. The van der Waals surface area contributed by atoms with E-state index in [2.05, 4.69) is 56.7 Å². The largest absolute Gasteiger partial charge is 0.443 e. The summed E-state index contributed by atoms with van der Waals surface area (Å²) in [6.07, 6.45) is 12.8. The zero-order valence-electron chi connectivity index (χ0n) is 40.1. The van der Waals surface area contributed by atoms with Crippen LogP contribution < -0.4 is 42.6 Å². The molecule has 2 saturated carbocycles. The van der Waals surface area contributed by atoms with Crippen LogP contribution in [0.1, 0.15) is 78.8 Å². The maximum absolute atomic E-state index is 13.4. The minimum absolute atomic E-state index is 0.150. The fourth-order valence-corrected chi connectivity index (χ4v) is 7.48. The van der Waals surface area contributed by atoms with Gasteiger partial charge in [0.2, 0.25) is 0 Å². The number of carbonyl (C=O) groups excluding carboxylic acids is 3. The van der Waals surface area contributed by atoms with E-state index in [1.807, 2.05) is 6.07 Å². The highest BCUT2D eigenvalue weighted by Crippen LogP contribution is 2.29. The minimum Gasteiger partial charge on any atom is -0.443 e. The first-order valence-corrected chi connectivity index (χ1v) is 22.9. The number of fused-ring (bicyclic) bond motifs is 2. The monoisotopic (exact) mass is 960 g/mol. The van der Waals surface area contributed by atoms with E-state index >= 15 is 0 Å². The van der Waals surface area contributed by atoms with Gasteiger partial charge in [-0.3, -0.25) is 33.2 Å².